The zero-order valence-corrected chi connectivity index (χ0v) is 17.9. The summed E-state index contributed by atoms with van der Waals surface area (Å²) in [5.41, 5.74) is 3.10. The Balaban J connectivity index is 1.49. The van der Waals surface area contributed by atoms with E-state index in [9.17, 15) is 4.79 Å². The standard InChI is InChI=1S/C19H22N4OS3/c1-12-6-7-16(13(2)11-12)21-17(24)14(3)26-19-23-22-18(27-19)20-9-8-15-5-4-10-25-15/h4-7,10-11,14H,8-9H2,1-3H3,(H,20,22)(H,21,24). The van der Waals surface area contributed by atoms with E-state index in [0.717, 1.165) is 33.7 Å². The molecule has 0 saturated heterocycles. The van der Waals surface area contributed by atoms with Crippen LogP contribution in [-0.2, 0) is 11.2 Å². The van der Waals surface area contributed by atoms with Gasteiger partial charge < -0.3 is 10.6 Å². The number of thiophene rings is 1. The van der Waals surface area contributed by atoms with E-state index in [1.165, 1.54) is 33.5 Å². The van der Waals surface area contributed by atoms with Gasteiger partial charge in [0.15, 0.2) is 4.34 Å². The third kappa shape index (κ3) is 5.79. The Morgan fingerprint density at radius 1 is 1.26 bits per heavy atom. The van der Waals surface area contributed by atoms with Crippen LogP contribution in [0.2, 0.25) is 0 Å². The van der Waals surface area contributed by atoms with Gasteiger partial charge in [-0.1, -0.05) is 46.9 Å². The number of carbonyl (C=O) groups excluding carboxylic acids is 1. The minimum Gasteiger partial charge on any atom is -0.360 e. The fraction of sp³-hybridized carbons (Fsp3) is 0.316. The van der Waals surface area contributed by atoms with E-state index in [2.05, 4.69) is 44.4 Å². The largest absolute Gasteiger partial charge is 0.360 e. The first kappa shape index (κ1) is 19.9. The van der Waals surface area contributed by atoms with Crippen molar-refractivity contribution < 1.29 is 4.79 Å². The lowest BCUT2D eigenvalue weighted by Crippen LogP contribution is -2.22. The van der Waals surface area contributed by atoms with Crippen molar-refractivity contribution in [3.8, 4) is 0 Å². The molecular formula is C19H22N4OS3. The van der Waals surface area contributed by atoms with Crippen molar-refractivity contribution in [1.29, 1.82) is 0 Å². The predicted octanol–water partition coefficient (Wildman–Crippen LogP) is 4.99. The summed E-state index contributed by atoms with van der Waals surface area (Å²) in [4.78, 5) is 13.8. The molecule has 8 heteroatoms. The lowest BCUT2D eigenvalue weighted by Gasteiger charge is -2.12. The summed E-state index contributed by atoms with van der Waals surface area (Å²) < 4.78 is 0.789. The van der Waals surface area contributed by atoms with Gasteiger partial charge in [0.2, 0.25) is 11.0 Å². The lowest BCUT2D eigenvalue weighted by molar-refractivity contribution is -0.115. The van der Waals surface area contributed by atoms with Gasteiger partial charge in [0.05, 0.1) is 5.25 Å². The number of amides is 1. The molecule has 1 aromatic carbocycles. The molecule has 0 spiro atoms. The summed E-state index contributed by atoms with van der Waals surface area (Å²) >= 11 is 4.66. The van der Waals surface area contributed by atoms with Gasteiger partial charge in [0.25, 0.3) is 0 Å². The van der Waals surface area contributed by atoms with Crippen LogP contribution in [-0.4, -0.2) is 27.9 Å². The normalized spacial score (nSPS) is 12.0. The molecule has 0 fully saturated rings. The number of aromatic nitrogens is 2. The van der Waals surface area contributed by atoms with Crippen molar-refractivity contribution in [3.63, 3.8) is 0 Å². The van der Waals surface area contributed by atoms with E-state index in [4.69, 9.17) is 0 Å². The molecule has 1 amide bonds. The number of thioether (sulfide) groups is 1. The topological polar surface area (TPSA) is 66.9 Å². The highest BCUT2D eigenvalue weighted by Crippen LogP contribution is 2.29. The number of nitrogens with zero attached hydrogens (tertiary/aromatic N) is 2. The third-order valence-electron chi connectivity index (χ3n) is 3.92. The Bertz CT molecular complexity index is 892. The van der Waals surface area contributed by atoms with E-state index in [-0.39, 0.29) is 11.2 Å². The number of anilines is 2. The molecule has 1 unspecified atom stereocenters. The highest BCUT2D eigenvalue weighted by Gasteiger charge is 2.18. The van der Waals surface area contributed by atoms with E-state index in [1.54, 1.807) is 11.3 Å². The van der Waals surface area contributed by atoms with E-state index >= 15 is 0 Å². The molecule has 0 aliphatic rings. The Kier molecular flexibility index (Phi) is 6.87. The first-order chi connectivity index (χ1) is 13.0. The molecule has 142 valence electrons. The number of aryl methyl sites for hydroxylation is 2. The smallest absolute Gasteiger partial charge is 0.237 e. The van der Waals surface area contributed by atoms with Crippen molar-refractivity contribution >= 4 is 51.2 Å². The minimum absolute atomic E-state index is 0.0330. The van der Waals surface area contributed by atoms with Gasteiger partial charge >= 0.3 is 0 Å². The predicted molar refractivity (Wildman–Crippen MR) is 116 cm³/mol. The zero-order valence-electron chi connectivity index (χ0n) is 15.5. The van der Waals surface area contributed by atoms with Gasteiger partial charge in [0.1, 0.15) is 0 Å². The lowest BCUT2D eigenvalue weighted by atomic mass is 10.1. The van der Waals surface area contributed by atoms with Gasteiger partial charge in [0, 0.05) is 17.1 Å². The molecule has 5 nitrogen and oxygen atoms in total. The second-order valence-corrected chi connectivity index (χ2v) is 9.79. The highest BCUT2D eigenvalue weighted by molar-refractivity contribution is 8.02. The summed E-state index contributed by atoms with van der Waals surface area (Å²) in [6.45, 7) is 6.75. The van der Waals surface area contributed by atoms with Gasteiger partial charge in [-0.25, -0.2) is 0 Å². The maximum Gasteiger partial charge on any atom is 0.237 e. The van der Waals surface area contributed by atoms with Crippen LogP contribution >= 0.6 is 34.4 Å². The molecule has 0 radical (unpaired) electrons. The molecule has 3 rings (SSSR count). The maximum atomic E-state index is 12.5. The molecule has 1 atom stereocenters. The summed E-state index contributed by atoms with van der Waals surface area (Å²) in [6.07, 6.45) is 0.967. The fourth-order valence-corrected chi connectivity index (χ4v) is 5.10. The number of carbonyl (C=O) groups is 1. The van der Waals surface area contributed by atoms with Crippen molar-refractivity contribution in [2.75, 3.05) is 17.2 Å². The van der Waals surface area contributed by atoms with Crippen molar-refractivity contribution in [2.24, 2.45) is 0 Å². The second kappa shape index (κ2) is 9.34. The third-order valence-corrected chi connectivity index (χ3v) is 6.92. The SMILES string of the molecule is Cc1ccc(NC(=O)C(C)Sc2nnc(NCCc3cccs3)s2)c(C)c1. The number of nitrogens with one attached hydrogen (secondary N) is 2. The van der Waals surface area contributed by atoms with Gasteiger partial charge in [-0.2, -0.15) is 0 Å². The molecule has 0 aliphatic heterocycles. The molecule has 2 aromatic heterocycles. The monoisotopic (exact) mass is 418 g/mol. The van der Waals surface area contributed by atoms with E-state index < -0.39 is 0 Å². The Morgan fingerprint density at radius 2 is 2.11 bits per heavy atom. The average molecular weight is 419 g/mol. The van der Waals surface area contributed by atoms with Crippen LogP contribution in [0.3, 0.4) is 0 Å². The van der Waals surface area contributed by atoms with Crippen LogP contribution < -0.4 is 10.6 Å². The second-order valence-electron chi connectivity index (χ2n) is 6.20. The minimum atomic E-state index is -0.252. The Morgan fingerprint density at radius 3 is 2.85 bits per heavy atom. The summed E-state index contributed by atoms with van der Waals surface area (Å²) in [6, 6.07) is 10.2. The quantitative estimate of drug-likeness (QED) is 0.505. The maximum absolute atomic E-state index is 12.5. The molecule has 2 heterocycles. The highest BCUT2D eigenvalue weighted by atomic mass is 32.2. The van der Waals surface area contributed by atoms with Crippen LogP contribution in [0.5, 0.6) is 0 Å². The van der Waals surface area contributed by atoms with Crippen molar-refractivity contribution in [1.82, 2.24) is 10.2 Å². The number of hydrogen-bond donors (Lipinski definition) is 2. The number of benzene rings is 1. The Labute approximate surface area is 171 Å². The van der Waals surface area contributed by atoms with E-state index in [1.807, 2.05) is 32.9 Å². The molecule has 0 saturated carbocycles. The number of rotatable bonds is 8. The van der Waals surface area contributed by atoms with Gasteiger partial charge in [-0.15, -0.1) is 21.5 Å². The molecule has 0 aliphatic carbocycles. The van der Waals surface area contributed by atoms with Crippen LogP contribution in [0, 0.1) is 13.8 Å². The van der Waals surface area contributed by atoms with Crippen LogP contribution in [0.4, 0.5) is 10.8 Å². The van der Waals surface area contributed by atoms with Gasteiger partial charge in [-0.05, 0) is 50.3 Å². The van der Waals surface area contributed by atoms with Gasteiger partial charge in [-0.3, -0.25) is 4.79 Å². The summed E-state index contributed by atoms with van der Waals surface area (Å²) in [5.74, 6) is -0.0330. The zero-order chi connectivity index (χ0) is 19.2. The summed E-state index contributed by atoms with van der Waals surface area (Å²) in [7, 11) is 0. The van der Waals surface area contributed by atoms with E-state index in [0.29, 0.717) is 0 Å². The molecule has 2 N–H and O–H groups in total. The van der Waals surface area contributed by atoms with Crippen molar-refractivity contribution in [2.45, 2.75) is 36.8 Å². The fourth-order valence-electron chi connectivity index (χ4n) is 2.47. The van der Waals surface area contributed by atoms with Crippen LogP contribution in [0.1, 0.15) is 22.9 Å². The molecule has 0 bridgehead atoms. The van der Waals surface area contributed by atoms with Crippen LogP contribution in [0.25, 0.3) is 0 Å². The van der Waals surface area contributed by atoms with Crippen molar-refractivity contribution in [3.05, 3.63) is 51.7 Å². The number of hydrogen-bond acceptors (Lipinski definition) is 7. The first-order valence-corrected chi connectivity index (χ1v) is 11.2. The summed E-state index contributed by atoms with van der Waals surface area (Å²) in [5, 5.41) is 17.3. The Hall–Kier alpha value is -1.90. The molecular weight excluding hydrogens is 396 g/mol. The molecule has 3 aromatic rings. The van der Waals surface area contributed by atoms with Crippen LogP contribution in [0.15, 0.2) is 40.1 Å². The first-order valence-electron chi connectivity index (χ1n) is 8.66. The molecule has 27 heavy (non-hydrogen) atoms. The average Bonchev–Trinajstić information content (AvgIpc) is 3.29.